The van der Waals surface area contributed by atoms with Crippen molar-refractivity contribution < 1.29 is 22.7 Å². The molecule has 0 radical (unpaired) electrons. The predicted molar refractivity (Wildman–Crippen MR) is 152 cm³/mol. The number of rotatable bonds is 11. The summed E-state index contributed by atoms with van der Waals surface area (Å²) in [7, 11) is 5.47. The highest BCUT2D eigenvalue weighted by atomic mass is 19.4. The maximum absolute atomic E-state index is 13.5. The Bertz CT molecular complexity index is 1570. The van der Waals surface area contributed by atoms with Crippen molar-refractivity contribution in [2.45, 2.75) is 6.36 Å². The first kappa shape index (κ1) is 29.1. The number of amides is 1. The number of anilines is 4. The highest BCUT2D eigenvalue weighted by Crippen LogP contribution is 2.40. The molecular formula is C28H29F3N8O2. The Hall–Kier alpha value is -4.91. The van der Waals surface area contributed by atoms with Gasteiger partial charge < -0.3 is 25.2 Å². The van der Waals surface area contributed by atoms with Crippen molar-refractivity contribution in [1.82, 2.24) is 24.5 Å². The molecule has 13 heteroatoms. The number of nitrogens with zero attached hydrogens (tertiary/aromatic N) is 6. The fourth-order valence-corrected chi connectivity index (χ4v) is 3.91. The summed E-state index contributed by atoms with van der Waals surface area (Å²) in [6, 6.07) is 9.81. The lowest BCUT2D eigenvalue weighted by atomic mass is 10.2. The van der Waals surface area contributed by atoms with E-state index < -0.39 is 18.0 Å². The van der Waals surface area contributed by atoms with Gasteiger partial charge in [-0.25, -0.2) is 14.5 Å². The average molecular weight is 567 g/mol. The quantitative estimate of drug-likeness (QED) is 0.191. The first-order valence-corrected chi connectivity index (χ1v) is 12.5. The lowest BCUT2D eigenvalue weighted by Gasteiger charge is -2.26. The van der Waals surface area contributed by atoms with E-state index in [1.165, 1.54) is 36.6 Å². The summed E-state index contributed by atoms with van der Waals surface area (Å²) in [4.78, 5) is 24.9. The molecule has 3 heterocycles. The van der Waals surface area contributed by atoms with Gasteiger partial charge in [-0.2, -0.15) is 5.10 Å². The molecular weight excluding hydrogens is 537 g/mol. The standard InChI is InChI=1S/C28H29F3N8O2/c1-5-6-10-26(40)34-21-16-22(25(41-28(29,30)31)17-24(21)38(4)15-14-37(2)3)36-27-32-12-11-20(35-27)19-18-33-39-13-8-7-9-23(19)39/h5-13,16-18H,1,14-15H2,2-4H3,(H,34,40)(H,32,35,36)/b10-6-. The third-order valence-corrected chi connectivity index (χ3v) is 5.86. The molecule has 0 saturated carbocycles. The third kappa shape index (κ3) is 7.60. The summed E-state index contributed by atoms with van der Waals surface area (Å²) in [5.74, 6) is -0.995. The van der Waals surface area contributed by atoms with Gasteiger partial charge in [0.05, 0.1) is 34.5 Å². The average Bonchev–Trinajstić information content (AvgIpc) is 3.35. The lowest BCUT2D eigenvalue weighted by Crippen LogP contribution is -2.29. The van der Waals surface area contributed by atoms with Crippen LogP contribution in [0.25, 0.3) is 16.8 Å². The van der Waals surface area contributed by atoms with E-state index >= 15 is 0 Å². The summed E-state index contributed by atoms with van der Waals surface area (Å²) >= 11 is 0. The molecule has 0 unspecified atom stereocenters. The molecule has 4 aromatic rings. The molecule has 0 atom stereocenters. The Kier molecular flexibility index (Phi) is 8.87. The minimum atomic E-state index is -4.98. The molecule has 41 heavy (non-hydrogen) atoms. The van der Waals surface area contributed by atoms with Gasteiger partial charge in [-0.3, -0.25) is 4.79 Å². The maximum atomic E-state index is 13.5. The lowest BCUT2D eigenvalue weighted by molar-refractivity contribution is -0.274. The second-order valence-corrected chi connectivity index (χ2v) is 9.20. The summed E-state index contributed by atoms with van der Waals surface area (Å²) in [5, 5.41) is 9.87. The van der Waals surface area contributed by atoms with Gasteiger partial charge >= 0.3 is 6.36 Å². The van der Waals surface area contributed by atoms with Gasteiger partial charge in [0.2, 0.25) is 11.9 Å². The van der Waals surface area contributed by atoms with Crippen LogP contribution in [-0.4, -0.2) is 71.0 Å². The first-order chi connectivity index (χ1) is 19.5. The largest absolute Gasteiger partial charge is 0.573 e. The zero-order valence-corrected chi connectivity index (χ0v) is 22.7. The molecule has 0 aliphatic rings. The van der Waals surface area contributed by atoms with Crippen molar-refractivity contribution in [3.63, 3.8) is 0 Å². The van der Waals surface area contributed by atoms with E-state index in [4.69, 9.17) is 0 Å². The summed E-state index contributed by atoms with van der Waals surface area (Å²) < 4.78 is 46.6. The third-order valence-electron chi connectivity index (χ3n) is 5.86. The number of ether oxygens (including phenoxy) is 1. The van der Waals surface area contributed by atoms with Crippen LogP contribution in [0.3, 0.4) is 0 Å². The van der Waals surface area contributed by atoms with Crippen molar-refractivity contribution in [2.75, 3.05) is 49.8 Å². The molecule has 0 fully saturated rings. The zero-order valence-electron chi connectivity index (χ0n) is 22.7. The Morgan fingerprint density at radius 2 is 1.95 bits per heavy atom. The second kappa shape index (κ2) is 12.5. The van der Waals surface area contributed by atoms with Crippen molar-refractivity contribution >= 4 is 34.4 Å². The van der Waals surface area contributed by atoms with Crippen molar-refractivity contribution in [3.05, 3.63) is 79.8 Å². The summed E-state index contributed by atoms with van der Waals surface area (Å²) in [6.45, 7) is 4.61. The van der Waals surface area contributed by atoms with Gasteiger partial charge in [0.25, 0.3) is 0 Å². The molecule has 214 valence electrons. The Labute approximate surface area is 234 Å². The van der Waals surface area contributed by atoms with E-state index in [2.05, 4.69) is 37.0 Å². The number of fused-ring (bicyclic) bond motifs is 1. The van der Waals surface area contributed by atoms with Gasteiger partial charge in [0.1, 0.15) is 0 Å². The molecule has 4 rings (SSSR count). The zero-order chi connectivity index (χ0) is 29.6. The van der Waals surface area contributed by atoms with Crippen LogP contribution in [0.15, 0.2) is 79.8 Å². The number of hydrogen-bond acceptors (Lipinski definition) is 8. The predicted octanol–water partition coefficient (Wildman–Crippen LogP) is 5.11. The van der Waals surface area contributed by atoms with Crippen LogP contribution >= 0.6 is 0 Å². The smallest absolute Gasteiger partial charge is 0.403 e. The summed E-state index contributed by atoms with van der Waals surface area (Å²) in [5.41, 5.74) is 2.47. The monoisotopic (exact) mass is 566 g/mol. The summed E-state index contributed by atoms with van der Waals surface area (Å²) in [6.07, 6.45) is 4.07. The van der Waals surface area contributed by atoms with E-state index in [1.54, 1.807) is 34.9 Å². The van der Waals surface area contributed by atoms with Crippen molar-refractivity contribution in [2.24, 2.45) is 0 Å². The fourth-order valence-electron chi connectivity index (χ4n) is 3.91. The van der Waals surface area contributed by atoms with Gasteiger partial charge in [-0.15, -0.1) is 13.2 Å². The van der Waals surface area contributed by atoms with Crippen molar-refractivity contribution in [1.29, 1.82) is 0 Å². The van der Waals surface area contributed by atoms with Crippen LogP contribution in [-0.2, 0) is 4.79 Å². The van der Waals surface area contributed by atoms with Gasteiger partial charge in [-0.05, 0) is 38.4 Å². The number of halogens is 3. The van der Waals surface area contributed by atoms with Crippen LogP contribution in [0.2, 0.25) is 0 Å². The molecule has 0 aliphatic carbocycles. The van der Waals surface area contributed by atoms with Crippen LogP contribution in [0, 0.1) is 0 Å². The highest BCUT2D eigenvalue weighted by Gasteiger charge is 2.33. The molecule has 1 aromatic carbocycles. The minimum Gasteiger partial charge on any atom is -0.403 e. The van der Waals surface area contributed by atoms with Crippen LogP contribution in [0.5, 0.6) is 5.75 Å². The second-order valence-electron chi connectivity index (χ2n) is 9.20. The van der Waals surface area contributed by atoms with Gasteiger partial charge in [-0.1, -0.05) is 24.8 Å². The van der Waals surface area contributed by atoms with E-state index in [1.807, 2.05) is 37.2 Å². The molecule has 10 nitrogen and oxygen atoms in total. The number of carbonyl (C=O) groups excluding carboxylic acids is 1. The highest BCUT2D eigenvalue weighted by molar-refractivity contribution is 6.02. The number of allylic oxidation sites excluding steroid dienone is 2. The fraction of sp³-hybridized carbons (Fsp3) is 0.214. The number of alkyl halides is 3. The number of pyridine rings is 1. The van der Waals surface area contributed by atoms with E-state index in [-0.39, 0.29) is 17.3 Å². The molecule has 3 aromatic heterocycles. The van der Waals surface area contributed by atoms with E-state index in [9.17, 15) is 18.0 Å². The normalized spacial score (nSPS) is 11.7. The van der Waals surface area contributed by atoms with E-state index in [0.29, 0.717) is 30.0 Å². The number of carbonyl (C=O) groups is 1. The number of nitrogens with one attached hydrogen (secondary N) is 2. The topological polar surface area (TPSA) is 99.9 Å². The van der Waals surface area contributed by atoms with Crippen LogP contribution in [0.4, 0.5) is 36.2 Å². The molecule has 1 amide bonds. The van der Waals surface area contributed by atoms with Crippen LogP contribution in [0.1, 0.15) is 0 Å². The molecule has 0 bridgehead atoms. The number of hydrogen-bond donors (Lipinski definition) is 2. The van der Waals surface area contributed by atoms with Crippen molar-refractivity contribution in [3.8, 4) is 17.0 Å². The molecule has 2 N–H and O–H groups in total. The molecule has 0 saturated heterocycles. The maximum Gasteiger partial charge on any atom is 0.573 e. The molecule has 0 aliphatic heterocycles. The Morgan fingerprint density at radius 1 is 1.15 bits per heavy atom. The molecule has 0 spiro atoms. The first-order valence-electron chi connectivity index (χ1n) is 12.5. The number of likely N-dealkylation sites (N-methyl/N-ethyl adjacent to an activating group) is 2. The minimum absolute atomic E-state index is 0.0161. The van der Waals surface area contributed by atoms with Gasteiger partial charge in [0, 0.05) is 50.2 Å². The van der Waals surface area contributed by atoms with E-state index in [0.717, 1.165) is 5.52 Å². The number of aromatic nitrogens is 4. The van der Waals surface area contributed by atoms with Crippen LogP contribution < -0.4 is 20.3 Å². The Morgan fingerprint density at radius 3 is 2.68 bits per heavy atom. The van der Waals surface area contributed by atoms with Gasteiger partial charge in [0.15, 0.2) is 5.75 Å². The SMILES string of the molecule is C=C/C=C\C(=O)Nc1cc(Nc2nccc(-c3cnn4ccccc34)n2)c(OC(F)(F)F)cc1N(C)CCN(C)C. The number of benzene rings is 1. The Balaban J connectivity index is 1.76.